The van der Waals surface area contributed by atoms with E-state index in [4.69, 9.17) is 10.7 Å². The number of hydrogen-bond donors (Lipinski definition) is 2. The first-order valence-electron chi connectivity index (χ1n) is 13.5. The van der Waals surface area contributed by atoms with Gasteiger partial charge in [-0.25, -0.2) is 14.8 Å². The number of nitrogen functional groups attached to an aromatic ring is 1. The van der Waals surface area contributed by atoms with Crippen LogP contribution in [0.25, 0.3) is 39.4 Å². The number of nitrogens with zero attached hydrogens (tertiary/aromatic N) is 5. The van der Waals surface area contributed by atoms with E-state index >= 15 is 0 Å². The van der Waals surface area contributed by atoms with Crippen molar-refractivity contribution >= 4 is 28.4 Å². The fraction of sp³-hybridized carbons (Fsp3) is 0.194. The summed E-state index contributed by atoms with van der Waals surface area (Å²) in [5.41, 5.74) is 13.2. The molecular formula is C31H28N6O4. The number of carboxylic acids is 1. The minimum atomic E-state index is -0.989. The summed E-state index contributed by atoms with van der Waals surface area (Å²) in [6, 6.07) is 17.0. The molecule has 2 aromatic heterocycles. The van der Waals surface area contributed by atoms with Gasteiger partial charge in [0.05, 0.1) is 44.9 Å². The van der Waals surface area contributed by atoms with Crippen LogP contribution in [-0.4, -0.2) is 35.1 Å². The Morgan fingerprint density at radius 3 is 2.56 bits per heavy atom. The quantitative estimate of drug-likeness (QED) is 0.0958. The van der Waals surface area contributed by atoms with Gasteiger partial charge in [-0.2, -0.15) is 0 Å². The molecule has 6 rings (SSSR count). The van der Waals surface area contributed by atoms with Crippen molar-refractivity contribution in [2.45, 2.75) is 38.6 Å². The molecule has 1 aliphatic rings. The minimum absolute atomic E-state index is 0.0219. The number of carbonyl (C=O) groups is 1. The molecule has 0 radical (unpaired) electrons. The fourth-order valence-electron chi connectivity index (χ4n) is 5.38. The summed E-state index contributed by atoms with van der Waals surface area (Å²) in [6.07, 6.45) is 11.4. The maximum absolute atomic E-state index is 11.6. The van der Waals surface area contributed by atoms with Crippen molar-refractivity contribution in [1.82, 2.24) is 19.1 Å². The van der Waals surface area contributed by atoms with E-state index in [0.29, 0.717) is 16.9 Å². The molecule has 0 bridgehead atoms. The molecule has 10 heteroatoms. The zero-order chi connectivity index (χ0) is 28.5. The van der Waals surface area contributed by atoms with Crippen LogP contribution in [0.1, 0.15) is 42.5 Å². The van der Waals surface area contributed by atoms with Crippen molar-refractivity contribution in [3.63, 3.8) is 0 Å². The van der Waals surface area contributed by atoms with E-state index in [2.05, 4.69) is 15.6 Å². The molecule has 3 N–H and O–H groups in total. The monoisotopic (exact) mass is 548 g/mol. The Bertz CT molecular complexity index is 1820. The Labute approximate surface area is 235 Å². The number of hydrogen-bond acceptors (Lipinski definition) is 6. The van der Waals surface area contributed by atoms with Gasteiger partial charge in [0.25, 0.3) is 5.69 Å². The zero-order valence-electron chi connectivity index (χ0n) is 22.2. The first-order valence-corrected chi connectivity index (χ1v) is 13.5. The van der Waals surface area contributed by atoms with Crippen LogP contribution in [0.15, 0.2) is 84.8 Å². The number of rotatable bonds is 8. The molecule has 0 fully saturated rings. The third kappa shape index (κ3) is 5.19. The second-order valence-electron chi connectivity index (χ2n) is 10.2. The second-order valence-corrected chi connectivity index (χ2v) is 10.2. The number of benzene rings is 3. The van der Waals surface area contributed by atoms with Gasteiger partial charge in [-0.05, 0) is 80.6 Å². The zero-order valence-corrected chi connectivity index (χ0v) is 22.2. The molecule has 10 nitrogen and oxygen atoms in total. The number of aromatic nitrogens is 4. The lowest BCUT2D eigenvalue weighted by molar-refractivity contribution is -0.384. The molecule has 1 aliphatic carbocycles. The van der Waals surface area contributed by atoms with E-state index in [1.54, 1.807) is 30.6 Å². The molecule has 0 atom stereocenters. The van der Waals surface area contributed by atoms with Gasteiger partial charge in [0.15, 0.2) is 0 Å². The van der Waals surface area contributed by atoms with Gasteiger partial charge in [-0.1, -0.05) is 11.6 Å². The minimum Gasteiger partial charge on any atom is -0.478 e. The molecule has 0 unspecified atom stereocenters. The summed E-state index contributed by atoms with van der Waals surface area (Å²) in [7, 11) is 0. The van der Waals surface area contributed by atoms with Crippen LogP contribution < -0.4 is 5.73 Å². The maximum atomic E-state index is 11.6. The number of non-ortho nitro benzene ring substituents is 1. The number of allylic oxidation sites excluding steroid dienone is 2. The first-order chi connectivity index (χ1) is 19.9. The highest BCUT2D eigenvalue weighted by molar-refractivity contribution is 5.93. The SMILES string of the molecule is Nc1cc(-c2nc3cc(C(=O)O)ccc3n2CCC2=CCCCC2)ccc1-n1cnc(-c2ccc([N+](=O)[O-])cc2)c1. The molecule has 0 saturated heterocycles. The number of nitro benzene ring substituents is 1. The molecule has 0 aliphatic heterocycles. The topological polar surface area (TPSA) is 142 Å². The van der Waals surface area contributed by atoms with E-state index < -0.39 is 10.9 Å². The third-order valence-electron chi connectivity index (χ3n) is 7.56. The van der Waals surface area contributed by atoms with Gasteiger partial charge < -0.3 is 20.0 Å². The van der Waals surface area contributed by atoms with Gasteiger partial charge in [0, 0.05) is 36.0 Å². The number of nitro groups is 1. The lowest BCUT2D eigenvalue weighted by Crippen LogP contribution is -2.05. The lowest BCUT2D eigenvalue weighted by atomic mass is 9.97. The fourth-order valence-corrected chi connectivity index (χ4v) is 5.38. The first kappa shape index (κ1) is 26.0. The number of aromatic carboxylic acids is 1. The molecule has 206 valence electrons. The van der Waals surface area contributed by atoms with Gasteiger partial charge in [0.2, 0.25) is 0 Å². The van der Waals surface area contributed by atoms with Crippen molar-refractivity contribution in [3.05, 3.63) is 101 Å². The van der Waals surface area contributed by atoms with Crippen molar-refractivity contribution in [1.29, 1.82) is 0 Å². The summed E-state index contributed by atoms with van der Waals surface area (Å²) in [4.78, 5) is 31.4. The predicted octanol–water partition coefficient (Wildman–Crippen LogP) is 6.64. The van der Waals surface area contributed by atoms with Crippen LogP contribution in [0.5, 0.6) is 0 Å². The molecule has 0 spiro atoms. The Kier molecular flexibility index (Phi) is 6.80. The Hall–Kier alpha value is -5.25. The van der Waals surface area contributed by atoms with Crippen molar-refractivity contribution in [3.8, 4) is 28.3 Å². The Morgan fingerprint density at radius 2 is 1.85 bits per heavy atom. The van der Waals surface area contributed by atoms with Crippen LogP contribution in [0.2, 0.25) is 0 Å². The van der Waals surface area contributed by atoms with Crippen LogP contribution in [0.4, 0.5) is 11.4 Å². The van der Waals surface area contributed by atoms with E-state index in [1.165, 1.54) is 30.5 Å². The number of aryl methyl sites for hydroxylation is 1. The highest BCUT2D eigenvalue weighted by atomic mass is 16.6. The third-order valence-corrected chi connectivity index (χ3v) is 7.56. The molecule has 41 heavy (non-hydrogen) atoms. The number of anilines is 1. The standard InChI is InChI=1S/C31H28N6O4/c32-25-16-22(8-12-28(25)35-18-27(33-19-35)21-6-10-24(11-7-21)37(40)41)30-34-26-17-23(31(38)39)9-13-29(26)36(30)15-14-20-4-2-1-3-5-20/h4,6-13,16-19H,1-3,5,14-15,32H2,(H,38,39). The summed E-state index contributed by atoms with van der Waals surface area (Å²) in [5.74, 6) is -0.258. The van der Waals surface area contributed by atoms with Gasteiger partial charge in [-0.3, -0.25) is 10.1 Å². The molecule has 3 aromatic carbocycles. The van der Waals surface area contributed by atoms with Crippen LogP contribution in [0.3, 0.4) is 0 Å². The number of nitrogens with two attached hydrogens (primary N) is 1. The molecule has 0 saturated carbocycles. The van der Waals surface area contributed by atoms with Crippen molar-refractivity contribution in [2.24, 2.45) is 0 Å². The van der Waals surface area contributed by atoms with E-state index in [1.807, 2.05) is 35.0 Å². The average molecular weight is 549 g/mol. The largest absolute Gasteiger partial charge is 0.478 e. The second kappa shape index (κ2) is 10.7. The number of fused-ring (bicyclic) bond motifs is 1. The highest BCUT2D eigenvalue weighted by Gasteiger charge is 2.17. The van der Waals surface area contributed by atoms with Crippen LogP contribution >= 0.6 is 0 Å². The van der Waals surface area contributed by atoms with Gasteiger partial charge >= 0.3 is 5.97 Å². The van der Waals surface area contributed by atoms with Crippen molar-refractivity contribution < 1.29 is 14.8 Å². The summed E-state index contributed by atoms with van der Waals surface area (Å²) in [5, 5.41) is 20.5. The van der Waals surface area contributed by atoms with Crippen LogP contribution in [0, 0.1) is 10.1 Å². The summed E-state index contributed by atoms with van der Waals surface area (Å²) < 4.78 is 3.96. The van der Waals surface area contributed by atoms with Crippen LogP contribution in [-0.2, 0) is 6.54 Å². The molecule has 5 aromatic rings. The highest BCUT2D eigenvalue weighted by Crippen LogP contribution is 2.32. The molecular weight excluding hydrogens is 520 g/mol. The van der Waals surface area contributed by atoms with E-state index in [9.17, 15) is 20.0 Å². The van der Waals surface area contributed by atoms with Crippen molar-refractivity contribution in [2.75, 3.05) is 5.73 Å². The Morgan fingerprint density at radius 1 is 1.05 bits per heavy atom. The summed E-state index contributed by atoms with van der Waals surface area (Å²) >= 11 is 0. The molecule has 2 heterocycles. The maximum Gasteiger partial charge on any atom is 0.335 e. The lowest BCUT2D eigenvalue weighted by Gasteiger charge is -2.15. The number of imidazole rings is 2. The summed E-state index contributed by atoms with van der Waals surface area (Å²) in [6.45, 7) is 0.728. The van der Waals surface area contributed by atoms with Gasteiger partial charge in [0.1, 0.15) is 5.82 Å². The average Bonchev–Trinajstić information content (AvgIpc) is 3.61. The Balaban J connectivity index is 1.34. The normalized spacial score (nSPS) is 13.3. The van der Waals surface area contributed by atoms with Gasteiger partial charge in [-0.15, -0.1) is 0 Å². The smallest absolute Gasteiger partial charge is 0.335 e. The predicted molar refractivity (Wildman–Crippen MR) is 157 cm³/mol. The molecule has 0 amide bonds. The number of carboxylic acid groups (broad SMARTS) is 1. The van der Waals surface area contributed by atoms with E-state index in [0.717, 1.165) is 54.0 Å². The van der Waals surface area contributed by atoms with E-state index in [-0.39, 0.29) is 11.3 Å².